The van der Waals surface area contributed by atoms with Gasteiger partial charge in [-0.15, -0.1) is 0 Å². The van der Waals surface area contributed by atoms with Gasteiger partial charge in [0, 0.05) is 13.1 Å². The summed E-state index contributed by atoms with van der Waals surface area (Å²) in [5, 5.41) is 0. The first-order valence-corrected chi connectivity index (χ1v) is 5.14. The van der Waals surface area contributed by atoms with Crippen molar-refractivity contribution in [2.45, 2.75) is 38.4 Å². The molecule has 0 radical (unpaired) electrons. The van der Waals surface area contributed by atoms with E-state index in [9.17, 15) is 0 Å². The molecule has 1 rings (SSSR count). The van der Waals surface area contributed by atoms with Crippen LogP contribution in [0.2, 0.25) is 0 Å². The average molecular weight is 186 g/mol. The molecule has 1 aliphatic rings. The molecule has 2 N–H and O–H groups in total. The quantitative estimate of drug-likeness (QED) is 0.707. The van der Waals surface area contributed by atoms with E-state index in [4.69, 9.17) is 10.5 Å². The van der Waals surface area contributed by atoms with Crippen molar-refractivity contribution in [3.63, 3.8) is 0 Å². The van der Waals surface area contributed by atoms with Gasteiger partial charge < -0.3 is 15.4 Å². The second-order valence-electron chi connectivity index (χ2n) is 4.38. The first-order chi connectivity index (χ1) is 6.08. The van der Waals surface area contributed by atoms with E-state index in [1.165, 1.54) is 0 Å². The van der Waals surface area contributed by atoms with Gasteiger partial charge >= 0.3 is 0 Å². The highest BCUT2D eigenvalue weighted by Crippen LogP contribution is 2.28. The molecule has 1 saturated heterocycles. The van der Waals surface area contributed by atoms with E-state index in [-0.39, 0.29) is 5.60 Å². The SMILES string of the molecule is CC(C)OC1(CCN)CCN(C)C1. The molecule has 3 nitrogen and oxygen atoms in total. The molecule has 1 atom stereocenters. The summed E-state index contributed by atoms with van der Waals surface area (Å²) in [6, 6.07) is 0. The number of likely N-dealkylation sites (tertiary alicyclic amines) is 1. The Hall–Kier alpha value is -0.120. The lowest BCUT2D eigenvalue weighted by molar-refractivity contribution is -0.0749. The number of nitrogens with two attached hydrogens (primary N) is 1. The average Bonchev–Trinajstić information content (AvgIpc) is 2.31. The van der Waals surface area contributed by atoms with E-state index in [0.29, 0.717) is 6.10 Å². The van der Waals surface area contributed by atoms with Crippen molar-refractivity contribution >= 4 is 0 Å². The van der Waals surface area contributed by atoms with Crippen LogP contribution in [-0.2, 0) is 4.74 Å². The van der Waals surface area contributed by atoms with Crippen LogP contribution in [-0.4, -0.2) is 43.3 Å². The summed E-state index contributed by atoms with van der Waals surface area (Å²) < 4.78 is 5.99. The van der Waals surface area contributed by atoms with Gasteiger partial charge in [-0.1, -0.05) is 0 Å². The fourth-order valence-electron chi connectivity index (χ4n) is 2.17. The summed E-state index contributed by atoms with van der Waals surface area (Å²) >= 11 is 0. The summed E-state index contributed by atoms with van der Waals surface area (Å²) in [7, 11) is 2.14. The van der Waals surface area contributed by atoms with Crippen LogP contribution >= 0.6 is 0 Å². The van der Waals surface area contributed by atoms with E-state index in [1.54, 1.807) is 0 Å². The van der Waals surface area contributed by atoms with Crippen LogP contribution in [0.1, 0.15) is 26.7 Å². The molecule has 0 aromatic rings. The van der Waals surface area contributed by atoms with Crippen molar-refractivity contribution < 1.29 is 4.74 Å². The molecule has 0 aromatic heterocycles. The fourth-order valence-corrected chi connectivity index (χ4v) is 2.17. The van der Waals surface area contributed by atoms with Crippen molar-refractivity contribution in [3.8, 4) is 0 Å². The number of hydrogen-bond acceptors (Lipinski definition) is 3. The monoisotopic (exact) mass is 186 g/mol. The Morgan fingerprint density at radius 3 is 2.62 bits per heavy atom. The van der Waals surface area contributed by atoms with Crippen LogP contribution in [0, 0.1) is 0 Å². The summed E-state index contributed by atoms with van der Waals surface area (Å²) in [4.78, 5) is 2.32. The molecule has 1 aliphatic heterocycles. The Kier molecular flexibility index (Phi) is 3.71. The zero-order chi connectivity index (χ0) is 9.90. The highest BCUT2D eigenvalue weighted by Gasteiger charge is 2.37. The van der Waals surface area contributed by atoms with Gasteiger partial charge in [0.25, 0.3) is 0 Å². The Labute approximate surface area is 81.2 Å². The minimum Gasteiger partial charge on any atom is -0.371 e. The maximum atomic E-state index is 5.99. The third-order valence-electron chi connectivity index (χ3n) is 2.59. The summed E-state index contributed by atoms with van der Waals surface area (Å²) in [6.45, 7) is 7.07. The van der Waals surface area contributed by atoms with Gasteiger partial charge in [0.2, 0.25) is 0 Å². The molecule has 1 fully saturated rings. The first-order valence-electron chi connectivity index (χ1n) is 5.14. The molecule has 13 heavy (non-hydrogen) atoms. The Balaban J connectivity index is 2.54. The summed E-state index contributed by atoms with van der Waals surface area (Å²) in [5.41, 5.74) is 5.66. The predicted octanol–water partition coefficient (Wildman–Crippen LogP) is 0.835. The van der Waals surface area contributed by atoms with Crippen LogP contribution < -0.4 is 5.73 Å². The summed E-state index contributed by atoms with van der Waals surface area (Å²) in [6.07, 6.45) is 2.41. The van der Waals surface area contributed by atoms with Crippen LogP contribution in [0.4, 0.5) is 0 Å². The van der Waals surface area contributed by atoms with Gasteiger partial charge in [0.1, 0.15) is 0 Å². The first kappa shape index (κ1) is 11.0. The van der Waals surface area contributed by atoms with E-state index < -0.39 is 0 Å². The fraction of sp³-hybridized carbons (Fsp3) is 1.00. The molecule has 0 saturated carbocycles. The molecule has 0 spiro atoms. The molecule has 1 heterocycles. The molecular weight excluding hydrogens is 164 g/mol. The molecule has 3 heteroatoms. The predicted molar refractivity (Wildman–Crippen MR) is 54.7 cm³/mol. The van der Waals surface area contributed by atoms with Gasteiger partial charge in [-0.25, -0.2) is 0 Å². The van der Waals surface area contributed by atoms with E-state index in [2.05, 4.69) is 25.8 Å². The van der Waals surface area contributed by atoms with Crippen LogP contribution in [0.25, 0.3) is 0 Å². The molecule has 0 amide bonds. The zero-order valence-corrected chi connectivity index (χ0v) is 9.05. The van der Waals surface area contributed by atoms with Crippen molar-refractivity contribution in [2.75, 3.05) is 26.7 Å². The second-order valence-corrected chi connectivity index (χ2v) is 4.38. The standard InChI is InChI=1S/C10H22N2O/c1-9(2)13-10(4-6-11)5-7-12(3)8-10/h9H,4-8,11H2,1-3H3. The highest BCUT2D eigenvalue weighted by atomic mass is 16.5. The lowest BCUT2D eigenvalue weighted by atomic mass is 9.98. The van der Waals surface area contributed by atoms with Crippen molar-refractivity contribution in [3.05, 3.63) is 0 Å². The molecule has 1 unspecified atom stereocenters. The largest absolute Gasteiger partial charge is 0.371 e. The lowest BCUT2D eigenvalue weighted by Gasteiger charge is -2.31. The van der Waals surface area contributed by atoms with Crippen LogP contribution in [0.3, 0.4) is 0 Å². The second kappa shape index (κ2) is 4.40. The van der Waals surface area contributed by atoms with Crippen LogP contribution in [0.15, 0.2) is 0 Å². The number of rotatable bonds is 4. The minimum atomic E-state index is 0.0394. The van der Waals surface area contributed by atoms with Gasteiger partial charge in [-0.3, -0.25) is 0 Å². The third-order valence-corrected chi connectivity index (χ3v) is 2.59. The Morgan fingerprint density at radius 2 is 2.23 bits per heavy atom. The maximum Gasteiger partial charge on any atom is 0.0836 e. The van der Waals surface area contributed by atoms with E-state index >= 15 is 0 Å². The number of nitrogens with zero attached hydrogens (tertiary/aromatic N) is 1. The number of likely N-dealkylation sites (N-methyl/N-ethyl adjacent to an activating group) is 1. The Morgan fingerprint density at radius 1 is 1.54 bits per heavy atom. The molecule has 78 valence electrons. The minimum absolute atomic E-state index is 0.0394. The van der Waals surface area contributed by atoms with Crippen LogP contribution in [0.5, 0.6) is 0 Å². The number of ether oxygens (including phenoxy) is 1. The highest BCUT2D eigenvalue weighted by molar-refractivity contribution is 4.91. The third kappa shape index (κ3) is 2.93. The lowest BCUT2D eigenvalue weighted by Crippen LogP contribution is -2.39. The molecular formula is C10H22N2O. The molecule has 0 aliphatic carbocycles. The normalized spacial score (nSPS) is 30.2. The van der Waals surface area contributed by atoms with Gasteiger partial charge in [0.05, 0.1) is 11.7 Å². The molecule has 0 bridgehead atoms. The van der Waals surface area contributed by atoms with E-state index in [0.717, 1.165) is 32.5 Å². The van der Waals surface area contributed by atoms with E-state index in [1.807, 2.05) is 0 Å². The number of hydrogen-bond donors (Lipinski definition) is 1. The Bertz CT molecular complexity index is 157. The topological polar surface area (TPSA) is 38.5 Å². The van der Waals surface area contributed by atoms with Gasteiger partial charge in [-0.2, -0.15) is 0 Å². The molecule has 0 aromatic carbocycles. The smallest absolute Gasteiger partial charge is 0.0836 e. The van der Waals surface area contributed by atoms with Crippen molar-refractivity contribution in [2.24, 2.45) is 5.73 Å². The summed E-state index contributed by atoms with van der Waals surface area (Å²) in [5.74, 6) is 0. The van der Waals surface area contributed by atoms with Crippen molar-refractivity contribution in [1.82, 2.24) is 4.90 Å². The maximum absolute atomic E-state index is 5.99. The van der Waals surface area contributed by atoms with Gasteiger partial charge in [-0.05, 0) is 40.3 Å². The van der Waals surface area contributed by atoms with Gasteiger partial charge in [0.15, 0.2) is 0 Å². The zero-order valence-electron chi connectivity index (χ0n) is 9.05. The van der Waals surface area contributed by atoms with Crippen molar-refractivity contribution in [1.29, 1.82) is 0 Å².